The van der Waals surface area contributed by atoms with Gasteiger partial charge in [-0.2, -0.15) is 0 Å². The maximum absolute atomic E-state index is 12.0. The molecular weight excluding hydrogens is 703 g/mol. The quantitative estimate of drug-likeness (QED) is 0.265. The zero-order valence-electron chi connectivity index (χ0n) is 13.7. The number of hydrogen-bond acceptors (Lipinski definition) is 3. The number of benzene rings is 1. The molecule has 2 aromatic rings. The van der Waals surface area contributed by atoms with Crippen molar-refractivity contribution in [1.29, 1.82) is 0 Å². The molecule has 0 spiro atoms. The van der Waals surface area contributed by atoms with Gasteiger partial charge in [0.25, 0.3) is 0 Å². The van der Waals surface area contributed by atoms with Crippen molar-refractivity contribution in [3.8, 4) is 15.8 Å². The van der Waals surface area contributed by atoms with Crippen LogP contribution >= 0.6 is 61.1 Å². The number of halogens is 3. The van der Waals surface area contributed by atoms with Crippen LogP contribution in [0.2, 0.25) is 13.1 Å². The first-order chi connectivity index (χ1) is 12.2. The molecule has 0 fully saturated rings. The molecule has 0 bridgehead atoms. The molecule has 8 heteroatoms. The van der Waals surface area contributed by atoms with E-state index in [4.69, 9.17) is 4.99 Å². The first-order valence-electron chi connectivity index (χ1n) is 7.75. The van der Waals surface area contributed by atoms with Gasteiger partial charge in [0, 0.05) is 0 Å². The van der Waals surface area contributed by atoms with Crippen molar-refractivity contribution >= 4 is 106 Å². The Kier molecular flexibility index (Phi) is 5.06. The zero-order chi connectivity index (χ0) is 18.8. The number of ketones is 1. The fourth-order valence-electron chi connectivity index (χ4n) is 3.44. The van der Waals surface area contributed by atoms with E-state index in [1.807, 2.05) is 12.1 Å². The summed E-state index contributed by atoms with van der Waals surface area (Å²) >= 11 is 8.53. The third-order valence-corrected chi connectivity index (χ3v) is 17.1. The van der Waals surface area contributed by atoms with E-state index in [1.54, 1.807) is 18.2 Å². The fraction of sp³-hybridized carbons (Fsp3) is 0.111. The van der Waals surface area contributed by atoms with E-state index in [9.17, 15) is 9.90 Å². The van der Waals surface area contributed by atoms with Gasteiger partial charge in [-0.15, -0.1) is 0 Å². The van der Waals surface area contributed by atoms with Gasteiger partial charge in [-0.05, 0) is 0 Å². The second-order valence-electron chi connectivity index (χ2n) is 6.60. The van der Waals surface area contributed by atoms with Crippen molar-refractivity contribution in [3.63, 3.8) is 0 Å². The Balaban J connectivity index is 2.09. The Morgan fingerprint density at radius 3 is 2.58 bits per heavy atom. The average Bonchev–Trinajstić information content (AvgIpc) is 2.84. The van der Waals surface area contributed by atoms with Crippen LogP contribution in [-0.4, -0.2) is 39.2 Å². The van der Waals surface area contributed by atoms with Crippen LogP contribution in [0.5, 0.6) is 5.75 Å². The molecule has 0 amide bonds. The molecule has 1 N–H and O–H groups in total. The number of rotatable bonds is 1. The number of carbonyl (C=O) groups is 1. The van der Waals surface area contributed by atoms with Gasteiger partial charge in [0.1, 0.15) is 0 Å². The van der Waals surface area contributed by atoms with Gasteiger partial charge in [0.15, 0.2) is 0 Å². The molecule has 0 saturated carbocycles. The van der Waals surface area contributed by atoms with Gasteiger partial charge in [-0.3, -0.25) is 0 Å². The molecule has 3 nitrogen and oxygen atoms in total. The average molecular weight is 715 g/mol. The summed E-state index contributed by atoms with van der Waals surface area (Å²) in [5, 5.41) is 13.0. The van der Waals surface area contributed by atoms with Gasteiger partial charge in [0.05, 0.1) is 0 Å². The molecule has 0 atom stereocenters. The Morgan fingerprint density at radius 2 is 1.92 bits per heavy atom. The molecule has 0 unspecified atom stereocenters. The molecule has 2 heterocycles. The molecule has 1 aromatic heterocycles. The maximum atomic E-state index is 12.0. The summed E-state index contributed by atoms with van der Waals surface area (Å²) in [6, 6.07) is 3.65. The summed E-state index contributed by atoms with van der Waals surface area (Å²) in [6.07, 6.45) is 5.14. The number of hydrogen-bond donors (Lipinski definition) is 1. The molecule has 4 rings (SSSR count). The standard InChI is InChI=1S/C18H12BrI2NO2SeSi/c1-26(2)12-7-8(23)3-4-9(12)22-10-5-6-11(24)13(17(10)26)16-14(20)15(21)18(19)25-16/h3-7,24H,1-2H3. The van der Waals surface area contributed by atoms with Crippen molar-refractivity contribution in [1.82, 2.24) is 0 Å². The van der Waals surface area contributed by atoms with E-state index in [0.29, 0.717) is 5.75 Å². The molecule has 0 radical (unpaired) electrons. The van der Waals surface area contributed by atoms with Crippen molar-refractivity contribution in [2.45, 2.75) is 13.1 Å². The first-order valence-corrected chi connectivity index (χ1v) is 15.4. The van der Waals surface area contributed by atoms with Crippen LogP contribution in [0, 0.1) is 7.14 Å². The van der Waals surface area contributed by atoms with Crippen LogP contribution in [-0.2, 0) is 4.79 Å². The van der Waals surface area contributed by atoms with Crippen molar-refractivity contribution in [2.75, 3.05) is 0 Å². The number of phenols is 1. The predicted molar refractivity (Wildman–Crippen MR) is 130 cm³/mol. The predicted octanol–water partition coefficient (Wildman–Crippen LogP) is 4.69. The number of allylic oxidation sites excluding steroid dienone is 4. The number of aromatic hydroxyl groups is 1. The summed E-state index contributed by atoms with van der Waals surface area (Å²) in [5.74, 6) is 0.321. The normalized spacial score (nSPS) is 17.5. The van der Waals surface area contributed by atoms with Crippen LogP contribution in [0.25, 0.3) is 10.0 Å². The molecule has 0 saturated heterocycles. The van der Waals surface area contributed by atoms with Crippen molar-refractivity contribution in [3.05, 3.63) is 46.0 Å². The monoisotopic (exact) mass is 715 g/mol. The number of nitrogens with zero attached hydrogens (tertiary/aromatic N) is 1. The third kappa shape index (κ3) is 2.91. The third-order valence-electron chi connectivity index (χ3n) is 4.65. The van der Waals surface area contributed by atoms with E-state index in [1.165, 1.54) is 14.9 Å². The van der Waals surface area contributed by atoms with E-state index in [2.05, 4.69) is 74.2 Å². The van der Waals surface area contributed by atoms with Gasteiger partial charge in [-0.1, -0.05) is 0 Å². The molecule has 26 heavy (non-hydrogen) atoms. The molecular formula is C18H12BrI2NO2SeSi. The summed E-state index contributed by atoms with van der Waals surface area (Å²) < 4.78 is 4.80. The number of phenolic OH excluding ortho intramolecular Hbond substituents is 1. The van der Waals surface area contributed by atoms with Crippen LogP contribution in [0.4, 0.5) is 5.69 Å². The van der Waals surface area contributed by atoms with Crippen molar-refractivity contribution < 1.29 is 9.90 Å². The van der Waals surface area contributed by atoms with Gasteiger partial charge in [0.2, 0.25) is 0 Å². The number of aliphatic imine (C=N–C) groups is 1. The second kappa shape index (κ2) is 6.80. The second-order valence-corrected chi connectivity index (χ2v) is 17.2. The molecule has 1 aliphatic heterocycles. The fourth-order valence-corrected chi connectivity index (χ4v) is 12.9. The summed E-state index contributed by atoms with van der Waals surface area (Å²) in [5.41, 5.74) is 2.74. The molecule has 2 aliphatic rings. The Hall–Kier alpha value is -0.00364. The van der Waals surface area contributed by atoms with E-state index < -0.39 is 8.07 Å². The van der Waals surface area contributed by atoms with E-state index in [0.717, 1.165) is 27.3 Å². The van der Waals surface area contributed by atoms with Crippen LogP contribution in [0.15, 0.2) is 43.9 Å². The molecule has 1 aliphatic carbocycles. The van der Waals surface area contributed by atoms with Crippen LogP contribution in [0.1, 0.15) is 0 Å². The van der Waals surface area contributed by atoms with Gasteiger partial charge < -0.3 is 0 Å². The SMILES string of the molecule is C[Si]1(C)C2=CC(=O)C=CC2=Nc2ccc(O)c(-c3[se]c(Br)c(I)c3I)c21. The van der Waals surface area contributed by atoms with Crippen LogP contribution < -0.4 is 5.19 Å². The van der Waals surface area contributed by atoms with Crippen LogP contribution in [0.3, 0.4) is 0 Å². The Labute approximate surface area is 193 Å². The zero-order valence-corrected chi connectivity index (χ0v) is 22.3. The summed E-state index contributed by atoms with van der Waals surface area (Å²) in [4.78, 5) is 16.8. The molecule has 1 aromatic carbocycles. The van der Waals surface area contributed by atoms with Crippen molar-refractivity contribution in [2.24, 2.45) is 4.99 Å². The van der Waals surface area contributed by atoms with Gasteiger partial charge >= 0.3 is 196 Å². The summed E-state index contributed by atoms with van der Waals surface area (Å²) in [7, 11) is -2.20. The van der Waals surface area contributed by atoms with Gasteiger partial charge in [-0.25, -0.2) is 0 Å². The number of fused-ring (bicyclic) bond motifs is 2. The Bertz CT molecular complexity index is 1090. The Morgan fingerprint density at radius 1 is 1.19 bits per heavy atom. The van der Waals surface area contributed by atoms with E-state index >= 15 is 0 Å². The number of carbonyl (C=O) groups excluding carboxylic acids is 1. The summed E-state index contributed by atoms with van der Waals surface area (Å²) in [6.45, 7) is 4.48. The molecule has 132 valence electrons. The first kappa shape index (κ1) is 19.3. The minimum absolute atomic E-state index is 0.0162. The van der Waals surface area contributed by atoms with E-state index in [-0.39, 0.29) is 20.3 Å². The minimum atomic E-state index is -2.20. The topological polar surface area (TPSA) is 49.7 Å².